The summed E-state index contributed by atoms with van der Waals surface area (Å²) < 4.78 is 41.6. The third-order valence-corrected chi connectivity index (χ3v) is 3.85. The number of rotatable bonds is 5. The van der Waals surface area contributed by atoms with Crippen LogP contribution in [0, 0.1) is 6.92 Å². The number of alkyl halides is 3. The first-order valence-corrected chi connectivity index (χ1v) is 7.47. The molecule has 1 fully saturated rings. The molecule has 1 atom stereocenters. The monoisotopic (exact) mass is 334 g/mol. The molecule has 1 aliphatic rings. The minimum absolute atomic E-state index is 0.577. The Hall–Kier alpha value is -1.61. The molecule has 1 N–H and O–H groups in total. The molecule has 1 amide bonds. The molecule has 1 unspecified atom stereocenters. The van der Waals surface area contributed by atoms with Crippen LogP contribution in [0.25, 0.3) is 0 Å². The number of nitrogens with zero attached hydrogens (tertiary/aromatic N) is 3. The van der Waals surface area contributed by atoms with Crippen molar-refractivity contribution in [1.82, 2.24) is 20.3 Å². The van der Waals surface area contributed by atoms with Gasteiger partial charge in [-0.1, -0.05) is 5.16 Å². The van der Waals surface area contributed by atoms with Crippen LogP contribution >= 0.6 is 0 Å². The zero-order valence-electron chi connectivity index (χ0n) is 13.2. The second-order valence-electron chi connectivity index (χ2n) is 5.76. The standard InChI is InChI=1S/C14H21F3N4O2/c1-10-7-12(23-19-10)8-20-3-5-21(6-4-20)11(2)13(22)18-9-14(15,16)17/h7,11H,3-6,8-9H2,1-2H3,(H,18,22). The number of carbonyl (C=O) groups is 1. The second kappa shape index (κ2) is 7.31. The molecule has 0 saturated carbocycles. The number of hydrogen-bond donors (Lipinski definition) is 1. The number of piperazine rings is 1. The number of aryl methyl sites for hydroxylation is 1. The lowest BCUT2D eigenvalue weighted by Crippen LogP contribution is -2.54. The highest BCUT2D eigenvalue weighted by Crippen LogP contribution is 2.14. The predicted octanol–water partition coefficient (Wildman–Crippen LogP) is 1.17. The molecule has 0 spiro atoms. The summed E-state index contributed by atoms with van der Waals surface area (Å²) in [5.41, 5.74) is 0.827. The van der Waals surface area contributed by atoms with E-state index in [1.54, 1.807) is 6.92 Å². The molecule has 1 saturated heterocycles. The maximum absolute atomic E-state index is 12.1. The van der Waals surface area contributed by atoms with Gasteiger partial charge in [-0.2, -0.15) is 13.2 Å². The third kappa shape index (κ3) is 5.51. The highest BCUT2D eigenvalue weighted by molar-refractivity contribution is 5.81. The molecule has 130 valence electrons. The Morgan fingerprint density at radius 2 is 2.04 bits per heavy atom. The van der Waals surface area contributed by atoms with Crippen LogP contribution in [0.4, 0.5) is 13.2 Å². The molecule has 6 nitrogen and oxygen atoms in total. The number of nitrogens with one attached hydrogen (secondary N) is 1. The van der Waals surface area contributed by atoms with Crippen molar-refractivity contribution in [3.8, 4) is 0 Å². The third-order valence-electron chi connectivity index (χ3n) is 3.85. The maximum Gasteiger partial charge on any atom is 0.405 e. The molecule has 23 heavy (non-hydrogen) atoms. The first-order valence-electron chi connectivity index (χ1n) is 7.47. The molecule has 1 aromatic rings. The molecule has 2 rings (SSSR count). The Kier molecular flexibility index (Phi) is 5.64. The summed E-state index contributed by atoms with van der Waals surface area (Å²) in [4.78, 5) is 15.8. The number of halogens is 3. The van der Waals surface area contributed by atoms with Gasteiger partial charge >= 0.3 is 6.18 Å². The number of hydrogen-bond acceptors (Lipinski definition) is 5. The lowest BCUT2D eigenvalue weighted by Gasteiger charge is -2.37. The molecular weight excluding hydrogens is 313 g/mol. The molecule has 1 aliphatic heterocycles. The smallest absolute Gasteiger partial charge is 0.360 e. The summed E-state index contributed by atoms with van der Waals surface area (Å²) in [6.07, 6.45) is -4.39. The fraction of sp³-hybridized carbons (Fsp3) is 0.714. The summed E-state index contributed by atoms with van der Waals surface area (Å²) in [7, 11) is 0. The Morgan fingerprint density at radius 3 is 2.57 bits per heavy atom. The van der Waals surface area contributed by atoms with Crippen molar-refractivity contribution in [3.05, 3.63) is 17.5 Å². The molecule has 0 aliphatic carbocycles. The van der Waals surface area contributed by atoms with E-state index >= 15 is 0 Å². The Morgan fingerprint density at radius 1 is 1.39 bits per heavy atom. The van der Waals surface area contributed by atoms with Crippen LogP contribution in [-0.2, 0) is 11.3 Å². The maximum atomic E-state index is 12.1. The SMILES string of the molecule is Cc1cc(CN2CCN(C(C)C(=O)NCC(F)(F)F)CC2)on1. The normalized spacial score (nSPS) is 18.8. The zero-order valence-corrected chi connectivity index (χ0v) is 13.2. The molecule has 2 heterocycles. The van der Waals surface area contributed by atoms with Crippen LogP contribution < -0.4 is 5.32 Å². The van der Waals surface area contributed by atoms with Crippen molar-refractivity contribution in [2.75, 3.05) is 32.7 Å². The van der Waals surface area contributed by atoms with Crippen LogP contribution in [-0.4, -0.2) is 65.8 Å². The Labute approximate surface area is 132 Å². The van der Waals surface area contributed by atoms with Gasteiger partial charge in [0.15, 0.2) is 5.76 Å². The molecule has 0 radical (unpaired) electrons. The van der Waals surface area contributed by atoms with E-state index in [4.69, 9.17) is 4.52 Å². The molecule has 9 heteroatoms. The quantitative estimate of drug-likeness (QED) is 0.876. The lowest BCUT2D eigenvalue weighted by molar-refractivity contribution is -0.141. The number of carbonyl (C=O) groups excluding carboxylic acids is 1. The van der Waals surface area contributed by atoms with E-state index in [0.717, 1.165) is 24.5 Å². The van der Waals surface area contributed by atoms with Crippen LogP contribution in [0.1, 0.15) is 18.4 Å². The van der Waals surface area contributed by atoms with E-state index in [-0.39, 0.29) is 0 Å². The van der Waals surface area contributed by atoms with Crippen LogP contribution in [0.15, 0.2) is 10.6 Å². The van der Waals surface area contributed by atoms with Gasteiger partial charge in [0.2, 0.25) is 5.91 Å². The summed E-state index contributed by atoms with van der Waals surface area (Å²) in [5, 5.41) is 5.76. The highest BCUT2D eigenvalue weighted by atomic mass is 19.4. The Bertz CT molecular complexity index is 524. The summed E-state index contributed by atoms with van der Waals surface area (Å²) in [5.74, 6) is 0.188. The molecular formula is C14H21F3N4O2. The van der Waals surface area contributed by atoms with Crippen molar-refractivity contribution in [3.63, 3.8) is 0 Å². The van der Waals surface area contributed by atoms with Gasteiger partial charge in [-0.25, -0.2) is 0 Å². The second-order valence-corrected chi connectivity index (χ2v) is 5.76. The van der Waals surface area contributed by atoms with Gasteiger partial charge in [-0.3, -0.25) is 14.6 Å². The van der Waals surface area contributed by atoms with Crippen LogP contribution in [0.3, 0.4) is 0 Å². The van der Waals surface area contributed by atoms with Gasteiger partial charge in [0.05, 0.1) is 18.3 Å². The molecule has 1 aromatic heterocycles. The van der Waals surface area contributed by atoms with Gasteiger partial charge < -0.3 is 9.84 Å². The lowest BCUT2D eigenvalue weighted by atomic mass is 10.2. The minimum atomic E-state index is -4.39. The van der Waals surface area contributed by atoms with Gasteiger partial charge in [-0.15, -0.1) is 0 Å². The van der Waals surface area contributed by atoms with Crippen molar-refractivity contribution in [2.45, 2.75) is 32.6 Å². The van der Waals surface area contributed by atoms with Crippen molar-refractivity contribution >= 4 is 5.91 Å². The summed E-state index contributed by atoms with van der Waals surface area (Å²) in [6, 6.07) is 1.30. The first kappa shape index (κ1) is 17.7. The van der Waals surface area contributed by atoms with E-state index in [1.807, 2.05) is 23.2 Å². The predicted molar refractivity (Wildman–Crippen MR) is 76.6 cm³/mol. The largest absolute Gasteiger partial charge is 0.405 e. The van der Waals surface area contributed by atoms with E-state index in [1.165, 1.54) is 0 Å². The van der Waals surface area contributed by atoms with Crippen LogP contribution in [0.5, 0.6) is 0 Å². The van der Waals surface area contributed by atoms with Crippen molar-refractivity contribution < 1.29 is 22.5 Å². The topological polar surface area (TPSA) is 61.6 Å². The van der Waals surface area contributed by atoms with E-state index in [2.05, 4.69) is 10.1 Å². The van der Waals surface area contributed by atoms with E-state index < -0.39 is 24.7 Å². The van der Waals surface area contributed by atoms with Gasteiger partial charge in [0, 0.05) is 32.2 Å². The number of aromatic nitrogens is 1. The summed E-state index contributed by atoms with van der Waals surface area (Å²) >= 11 is 0. The van der Waals surface area contributed by atoms with E-state index in [9.17, 15) is 18.0 Å². The number of amides is 1. The van der Waals surface area contributed by atoms with Crippen LogP contribution in [0.2, 0.25) is 0 Å². The molecule has 0 aromatic carbocycles. The average Bonchev–Trinajstić information content (AvgIpc) is 2.89. The highest BCUT2D eigenvalue weighted by Gasteiger charge is 2.31. The van der Waals surface area contributed by atoms with Gasteiger partial charge in [-0.05, 0) is 13.8 Å². The molecule has 0 bridgehead atoms. The van der Waals surface area contributed by atoms with Gasteiger partial charge in [0.25, 0.3) is 0 Å². The fourth-order valence-corrected chi connectivity index (χ4v) is 2.52. The van der Waals surface area contributed by atoms with E-state index in [0.29, 0.717) is 19.6 Å². The minimum Gasteiger partial charge on any atom is -0.360 e. The average molecular weight is 334 g/mol. The summed E-state index contributed by atoms with van der Waals surface area (Å²) in [6.45, 7) is 5.51. The fourth-order valence-electron chi connectivity index (χ4n) is 2.52. The van der Waals surface area contributed by atoms with Crippen molar-refractivity contribution in [2.24, 2.45) is 0 Å². The first-order chi connectivity index (χ1) is 10.7. The van der Waals surface area contributed by atoms with Crippen molar-refractivity contribution in [1.29, 1.82) is 0 Å². The zero-order chi connectivity index (χ0) is 17.0. The van der Waals surface area contributed by atoms with Gasteiger partial charge in [0.1, 0.15) is 6.54 Å². The Balaban J connectivity index is 1.75.